The second-order valence-corrected chi connectivity index (χ2v) is 6.27. The molecule has 5 aromatic rings. The lowest BCUT2D eigenvalue weighted by Gasteiger charge is -2.02. The molecule has 0 aliphatic rings. The van der Waals surface area contributed by atoms with Gasteiger partial charge in [-0.15, -0.1) is 10.2 Å². The highest BCUT2D eigenvalue weighted by Gasteiger charge is 2.14. The molecule has 5 rings (SSSR count). The monoisotopic (exact) mass is 339 g/mol. The molecule has 0 saturated carbocycles. The van der Waals surface area contributed by atoms with Crippen molar-refractivity contribution in [1.82, 2.24) is 14.8 Å². The fourth-order valence-corrected chi connectivity index (χ4v) is 3.56. The van der Waals surface area contributed by atoms with Crippen molar-refractivity contribution in [3.8, 4) is 22.9 Å². The van der Waals surface area contributed by atoms with E-state index in [1.165, 1.54) is 21.8 Å². The van der Waals surface area contributed by atoms with Gasteiger partial charge in [-0.2, -0.15) is 0 Å². The molecule has 2 heterocycles. The lowest BCUT2D eigenvalue weighted by Crippen LogP contribution is -1.92. The van der Waals surface area contributed by atoms with Crippen molar-refractivity contribution in [2.45, 2.75) is 13.5 Å². The smallest absolute Gasteiger partial charge is 0.248 e. The van der Waals surface area contributed by atoms with E-state index in [0.29, 0.717) is 11.8 Å². The largest absolute Gasteiger partial charge is 0.416 e. The van der Waals surface area contributed by atoms with Gasteiger partial charge in [-0.1, -0.05) is 36.4 Å². The van der Waals surface area contributed by atoms with Crippen molar-refractivity contribution in [3.63, 3.8) is 0 Å². The van der Waals surface area contributed by atoms with Crippen LogP contribution in [0.2, 0.25) is 0 Å². The summed E-state index contributed by atoms with van der Waals surface area (Å²) in [5.41, 5.74) is 4.33. The Hall–Kier alpha value is -3.40. The van der Waals surface area contributed by atoms with Crippen molar-refractivity contribution in [1.29, 1.82) is 0 Å². The van der Waals surface area contributed by atoms with Gasteiger partial charge in [0.05, 0.1) is 0 Å². The Morgan fingerprint density at radius 2 is 1.42 bits per heavy atom. The molecule has 0 fully saturated rings. The van der Waals surface area contributed by atoms with Gasteiger partial charge in [-0.3, -0.25) is 0 Å². The first kappa shape index (κ1) is 14.9. The Balaban J connectivity index is 1.67. The number of nitrogens with zero attached hydrogens (tertiary/aromatic N) is 3. The maximum Gasteiger partial charge on any atom is 0.248 e. The maximum atomic E-state index is 5.92. The summed E-state index contributed by atoms with van der Waals surface area (Å²) in [5, 5.41) is 10.9. The van der Waals surface area contributed by atoms with Crippen LogP contribution in [0.15, 0.2) is 77.2 Å². The minimum atomic E-state index is 0.539. The van der Waals surface area contributed by atoms with Gasteiger partial charge < -0.3 is 8.98 Å². The van der Waals surface area contributed by atoms with Crippen LogP contribution < -0.4 is 0 Å². The van der Waals surface area contributed by atoms with Crippen molar-refractivity contribution < 1.29 is 4.42 Å². The highest BCUT2D eigenvalue weighted by Crippen LogP contribution is 2.33. The average molecular weight is 339 g/mol. The summed E-state index contributed by atoms with van der Waals surface area (Å²) in [4.78, 5) is 0. The molecular formula is C22H17N3O. The first-order valence-electron chi connectivity index (χ1n) is 8.75. The molecule has 0 atom stereocenters. The van der Waals surface area contributed by atoms with Gasteiger partial charge in [0, 0.05) is 39.5 Å². The van der Waals surface area contributed by atoms with E-state index < -0.39 is 0 Å². The highest BCUT2D eigenvalue weighted by atomic mass is 16.4. The van der Waals surface area contributed by atoms with Crippen LogP contribution in [-0.4, -0.2) is 14.8 Å². The average Bonchev–Trinajstić information content (AvgIpc) is 3.31. The molecule has 0 spiro atoms. The van der Waals surface area contributed by atoms with Crippen molar-refractivity contribution in [2.75, 3.05) is 0 Å². The number of para-hydroxylation sites is 1. The van der Waals surface area contributed by atoms with Gasteiger partial charge in [0.15, 0.2) is 0 Å². The van der Waals surface area contributed by atoms with E-state index in [1.54, 1.807) is 0 Å². The summed E-state index contributed by atoms with van der Waals surface area (Å²) in [6.07, 6.45) is 0. The molecule has 0 aliphatic carbocycles. The summed E-state index contributed by atoms with van der Waals surface area (Å²) in [7, 11) is 0. The van der Waals surface area contributed by atoms with Crippen LogP contribution in [0.3, 0.4) is 0 Å². The summed E-state index contributed by atoms with van der Waals surface area (Å²) in [6, 6.07) is 24.7. The van der Waals surface area contributed by atoms with Crippen molar-refractivity contribution in [3.05, 3.63) is 72.8 Å². The number of aryl methyl sites for hydroxylation is 1. The standard InChI is InChI=1S/C22H17N3O/c1-2-25-19-11-7-6-10-17(19)18-14-16(12-13-20(18)25)22-24-23-21(26-22)15-8-4-3-5-9-15/h3-14H,2H2,1H3. The number of benzene rings is 3. The molecule has 3 aromatic carbocycles. The molecule has 0 saturated heterocycles. The molecule has 2 aromatic heterocycles. The molecule has 0 radical (unpaired) electrons. The van der Waals surface area contributed by atoms with Crippen molar-refractivity contribution in [2.24, 2.45) is 0 Å². The van der Waals surface area contributed by atoms with Gasteiger partial charge in [0.25, 0.3) is 0 Å². The zero-order valence-corrected chi connectivity index (χ0v) is 14.4. The SMILES string of the molecule is CCn1c2ccccc2c2cc(-c3nnc(-c4ccccc4)o3)ccc21. The third kappa shape index (κ3) is 2.23. The zero-order valence-electron chi connectivity index (χ0n) is 14.4. The second-order valence-electron chi connectivity index (χ2n) is 6.27. The van der Waals surface area contributed by atoms with Crippen molar-refractivity contribution >= 4 is 21.8 Å². The molecule has 0 N–H and O–H groups in total. The van der Waals surface area contributed by atoms with E-state index in [1.807, 2.05) is 30.3 Å². The van der Waals surface area contributed by atoms with E-state index in [0.717, 1.165) is 17.7 Å². The Labute approximate surface area is 150 Å². The first-order chi connectivity index (χ1) is 12.8. The van der Waals surface area contributed by atoms with E-state index in [4.69, 9.17) is 4.42 Å². The second kappa shape index (κ2) is 5.85. The number of fused-ring (bicyclic) bond motifs is 3. The third-order valence-corrected chi connectivity index (χ3v) is 4.78. The lowest BCUT2D eigenvalue weighted by molar-refractivity contribution is 0.584. The molecule has 0 unspecified atom stereocenters. The normalized spacial score (nSPS) is 11.4. The molecule has 4 nitrogen and oxygen atoms in total. The van der Waals surface area contributed by atoms with E-state index in [9.17, 15) is 0 Å². The fraction of sp³-hybridized carbons (Fsp3) is 0.0909. The summed E-state index contributed by atoms with van der Waals surface area (Å²) in [5.74, 6) is 1.08. The molecule has 0 amide bonds. The van der Waals surface area contributed by atoms with Crippen LogP contribution in [0, 0.1) is 0 Å². The molecule has 0 aliphatic heterocycles. The van der Waals surface area contributed by atoms with Crippen LogP contribution in [0.25, 0.3) is 44.7 Å². The predicted octanol–water partition coefficient (Wildman–Crippen LogP) is 5.53. The Kier molecular flexibility index (Phi) is 3.35. The molecule has 26 heavy (non-hydrogen) atoms. The molecular weight excluding hydrogens is 322 g/mol. The van der Waals surface area contributed by atoms with Crippen LogP contribution in [0.1, 0.15) is 6.92 Å². The molecule has 0 bridgehead atoms. The minimum Gasteiger partial charge on any atom is -0.416 e. The van der Waals surface area contributed by atoms with E-state index in [2.05, 4.69) is 64.2 Å². The lowest BCUT2D eigenvalue weighted by atomic mass is 10.1. The zero-order chi connectivity index (χ0) is 17.5. The molecule has 4 heteroatoms. The fourth-order valence-electron chi connectivity index (χ4n) is 3.56. The topological polar surface area (TPSA) is 43.9 Å². The maximum absolute atomic E-state index is 5.92. The quantitative estimate of drug-likeness (QED) is 0.434. The Bertz CT molecular complexity index is 1220. The Morgan fingerprint density at radius 1 is 0.731 bits per heavy atom. The van der Waals surface area contributed by atoms with E-state index in [-0.39, 0.29) is 0 Å². The van der Waals surface area contributed by atoms with Gasteiger partial charge >= 0.3 is 0 Å². The number of hydrogen-bond acceptors (Lipinski definition) is 3. The number of hydrogen-bond donors (Lipinski definition) is 0. The van der Waals surface area contributed by atoms with Crippen LogP contribution in [0.4, 0.5) is 0 Å². The van der Waals surface area contributed by atoms with Gasteiger partial charge in [0.1, 0.15) is 0 Å². The van der Waals surface area contributed by atoms with Gasteiger partial charge in [-0.25, -0.2) is 0 Å². The predicted molar refractivity (Wildman–Crippen MR) is 104 cm³/mol. The number of aromatic nitrogens is 3. The summed E-state index contributed by atoms with van der Waals surface area (Å²) < 4.78 is 8.25. The van der Waals surface area contributed by atoms with Crippen LogP contribution in [0.5, 0.6) is 0 Å². The minimum absolute atomic E-state index is 0.539. The van der Waals surface area contributed by atoms with Gasteiger partial charge in [0.2, 0.25) is 11.8 Å². The third-order valence-electron chi connectivity index (χ3n) is 4.78. The highest BCUT2D eigenvalue weighted by molar-refractivity contribution is 6.09. The number of rotatable bonds is 3. The van der Waals surface area contributed by atoms with E-state index >= 15 is 0 Å². The van der Waals surface area contributed by atoms with Crippen LogP contribution >= 0.6 is 0 Å². The first-order valence-corrected chi connectivity index (χ1v) is 8.75. The summed E-state index contributed by atoms with van der Waals surface area (Å²) >= 11 is 0. The van der Waals surface area contributed by atoms with Crippen LogP contribution in [-0.2, 0) is 6.54 Å². The molecule has 126 valence electrons. The summed E-state index contributed by atoms with van der Waals surface area (Å²) in [6.45, 7) is 3.10. The Morgan fingerprint density at radius 3 is 2.23 bits per heavy atom. The van der Waals surface area contributed by atoms with Gasteiger partial charge in [-0.05, 0) is 43.3 Å².